The van der Waals surface area contributed by atoms with Crippen LogP contribution < -0.4 is 14.8 Å². The second-order valence-electron chi connectivity index (χ2n) is 5.92. The molecule has 2 aromatic carbocycles. The summed E-state index contributed by atoms with van der Waals surface area (Å²) in [6.07, 6.45) is 2.79. The first-order chi connectivity index (χ1) is 12.9. The summed E-state index contributed by atoms with van der Waals surface area (Å²) in [7, 11) is 3.09. The van der Waals surface area contributed by atoms with Crippen molar-refractivity contribution in [2.24, 2.45) is 0 Å². The van der Waals surface area contributed by atoms with Crippen LogP contribution in [0.2, 0.25) is 0 Å². The predicted octanol–water partition coefficient (Wildman–Crippen LogP) is 3.52. The lowest BCUT2D eigenvalue weighted by atomic mass is 10.1. The van der Waals surface area contributed by atoms with E-state index >= 15 is 0 Å². The zero-order valence-corrected chi connectivity index (χ0v) is 15.9. The fraction of sp³-hybridized carbons (Fsp3) is 0.238. The molecule has 0 bridgehead atoms. The standard InChI is InChI=1S/C21H23NO5/c1-14-5-8-18(15(2)11-14)22-20(23)13-27-21(24)10-6-16-12-17(25-3)7-9-19(16)26-4/h5-12H,13H2,1-4H3,(H,22,23)/b10-6+. The van der Waals surface area contributed by atoms with Crippen LogP contribution in [0, 0.1) is 13.8 Å². The van der Waals surface area contributed by atoms with Gasteiger partial charge in [-0.05, 0) is 49.8 Å². The van der Waals surface area contributed by atoms with Crippen LogP contribution in [-0.2, 0) is 14.3 Å². The minimum Gasteiger partial charge on any atom is -0.497 e. The Morgan fingerprint density at radius 1 is 1.04 bits per heavy atom. The van der Waals surface area contributed by atoms with Gasteiger partial charge >= 0.3 is 5.97 Å². The number of carbonyl (C=O) groups excluding carboxylic acids is 2. The Kier molecular flexibility index (Phi) is 7.00. The van der Waals surface area contributed by atoms with E-state index in [0.717, 1.165) is 11.1 Å². The molecule has 0 aliphatic carbocycles. The molecule has 1 amide bonds. The van der Waals surface area contributed by atoms with Crippen molar-refractivity contribution in [2.45, 2.75) is 13.8 Å². The highest BCUT2D eigenvalue weighted by molar-refractivity contribution is 5.95. The molecular formula is C21H23NO5. The molecule has 0 unspecified atom stereocenters. The first-order valence-electron chi connectivity index (χ1n) is 8.37. The highest BCUT2D eigenvalue weighted by Crippen LogP contribution is 2.25. The Balaban J connectivity index is 1.92. The summed E-state index contributed by atoms with van der Waals surface area (Å²) in [6, 6.07) is 10.9. The maximum atomic E-state index is 12.0. The summed E-state index contributed by atoms with van der Waals surface area (Å²) >= 11 is 0. The molecule has 6 heteroatoms. The third kappa shape index (κ3) is 5.88. The molecule has 0 spiro atoms. The molecule has 27 heavy (non-hydrogen) atoms. The molecule has 0 atom stereocenters. The highest BCUT2D eigenvalue weighted by Gasteiger charge is 2.08. The van der Waals surface area contributed by atoms with E-state index in [1.165, 1.54) is 13.2 Å². The van der Waals surface area contributed by atoms with Gasteiger partial charge in [0, 0.05) is 17.3 Å². The maximum absolute atomic E-state index is 12.0. The van der Waals surface area contributed by atoms with Crippen molar-refractivity contribution in [1.29, 1.82) is 0 Å². The lowest BCUT2D eigenvalue weighted by molar-refractivity contribution is -0.142. The van der Waals surface area contributed by atoms with Crippen LogP contribution >= 0.6 is 0 Å². The van der Waals surface area contributed by atoms with Crippen LogP contribution in [0.5, 0.6) is 11.5 Å². The number of hydrogen-bond donors (Lipinski definition) is 1. The van der Waals surface area contributed by atoms with Crippen LogP contribution in [0.25, 0.3) is 6.08 Å². The van der Waals surface area contributed by atoms with Gasteiger partial charge in [-0.3, -0.25) is 4.79 Å². The fourth-order valence-electron chi connectivity index (χ4n) is 2.45. The maximum Gasteiger partial charge on any atom is 0.331 e. The van der Waals surface area contributed by atoms with E-state index in [2.05, 4.69) is 5.32 Å². The molecule has 0 saturated heterocycles. The summed E-state index contributed by atoms with van der Waals surface area (Å²) in [5.74, 6) is 0.197. The van der Waals surface area contributed by atoms with Gasteiger partial charge in [0.25, 0.3) is 5.91 Å². The van der Waals surface area contributed by atoms with Crippen LogP contribution in [0.1, 0.15) is 16.7 Å². The van der Waals surface area contributed by atoms with Gasteiger partial charge in [-0.25, -0.2) is 4.79 Å². The van der Waals surface area contributed by atoms with Crippen molar-refractivity contribution in [3.05, 3.63) is 59.2 Å². The van der Waals surface area contributed by atoms with Crippen molar-refractivity contribution < 1.29 is 23.8 Å². The Morgan fingerprint density at radius 2 is 1.81 bits per heavy atom. The number of aryl methyl sites for hydroxylation is 2. The van der Waals surface area contributed by atoms with E-state index in [9.17, 15) is 9.59 Å². The molecule has 1 N–H and O–H groups in total. The molecule has 142 valence electrons. The number of anilines is 1. The number of benzene rings is 2. The van der Waals surface area contributed by atoms with Crippen LogP contribution in [-0.4, -0.2) is 32.7 Å². The molecular weight excluding hydrogens is 346 g/mol. The second-order valence-corrected chi connectivity index (χ2v) is 5.92. The number of amides is 1. The average molecular weight is 369 g/mol. The van der Waals surface area contributed by atoms with Gasteiger partial charge in [-0.1, -0.05) is 17.7 Å². The Bertz CT molecular complexity index is 858. The molecule has 0 fully saturated rings. The smallest absolute Gasteiger partial charge is 0.331 e. The van der Waals surface area contributed by atoms with Gasteiger partial charge in [-0.15, -0.1) is 0 Å². The molecule has 0 heterocycles. The summed E-state index contributed by atoms with van der Waals surface area (Å²) in [5, 5.41) is 2.72. The molecule has 2 aromatic rings. The second kappa shape index (κ2) is 9.43. The summed E-state index contributed by atoms with van der Waals surface area (Å²) in [4.78, 5) is 23.8. The van der Waals surface area contributed by atoms with E-state index in [1.54, 1.807) is 31.4 Å². The van der Waals surface area contributed by atoms with Crippen LogP contribution in [0.4, 0.5) is 5.69 Å². The van der Waals surface area contributed by atoms with Crippen molar-refractivity contribution >= 4 is 23.6 Å². The SMILES string of the molecule is COc1ccc(OC)c(/C=C/C(=O)OCC(=O)Nc2ccc(C)cc2C)c1. The zero-order valence-electron chi connectivity index (χ0n) is 15.9. The topological polar surface area (TPSA) is 73.9 Å². The highest BCUT2D eigenvalue weighted by atomic mass is 16.5. The first-order valence-corrected chi connectivity index (χ1v) is 8.37. The number of methoxy groups -OCH3 is 2. The van der Waals surface area contributed by atoms with Crippen molar-refractivity contribution in [2.75, 3.05) is 26.1 Å². The first kappa shape index (κ1) is 20.0. The van der Waals surface area contributed by atoms with Crippen LogP contribution in [0.15, 0.2) is 42.5 Å². The molecule has 0 radical (unpaired) electrons. The largest absolute Gasteiger partial charge is 0.497 e. The molecule has 0 saturated carbocycles. The number of esters is 1. The van der Waals surface area contributed by atoms with E-state index in [4.69, 9.17) is 14.2 Å². The van der Waals surface area contributed by atoms with E-state index in [1.807, 2.05) is 32.0 Å². The zero-order chi connectivity index (χ0) is 19.8. The Hall–Kier alpha value is -3.28. The normalized spacial score (nSPS) is 10.5. The summed E-state index contributed by atoms with van der Waals surface area (Å²) in [5.41, 5.74) is 3.40. The number of nitrogens with one attached hydrogen (secondary N) is 1. The lowest BCUT2D eigenvalue weighted by Crippen LogP contribution is -2.20. The predicted molar refractivity (Wildman–Crippen MR) is 104 cm³/mol. The van der Waals surface area contributed by atoms with Gasteiger partial charge in [0.2, 0.25) is 0 Å². The Morgan fingerprint density at radius 3 is 2.48 bits per heavy atom. The third-order valence-corrected chi connectivity index (χ3v) is 3.84. The monoisotopic (exact) mass is 369 g/mol. The van der Waals surface area contributed by atoms with Gasteiger partial charge in [0.1, 0.15) is 11.5 Å². The summed E-state index contributed by atoms with van der Waals surface area (Å²) < 4.78 is 15.4. The van der Waals surface area contributed by atoms with E-state index < -0.39 is 11.9 Å². The summed E-state index contributed by atoms with van der Waals surface area (Å²) in [6.45, 7) is 3.51. The van der Waals surface area contributed by atoms with Crippen molar-refractivity contribution in [3.63, 3.8) is 0 Å². The van der Waals surface area contributed by atoms with Crippen LogP contribution in [0.3, 0.4) is 0 Å². The quantitative estimate of drug-likeness (QED) is 0.597. The number of hydrogen-bond acceptors (Lipinski definition) is 5. The van der Waals surface area contributed by atoms with Gasteiger partial charge in [0.05, 0.1) is 14.2 Å². The molecule has 2 rings (SSSR count). The van der Waals surface area contributed by atoms with Gasteiger partial charge < -0.3 is 19.5 Å². The minimum atomic E-state index is -0.629. The third-order valence-electron chi connectivity index (χ3n) is 3.84. The number of ether oxygens (including phenoxy) is 3. The van der Waals surface area contributed by atoms with Gasteiger partial charge in [-0.2, -0.15) is 0 Å². The van der Waals surface area contributed by atoms with E-state index in [0.29, 0.717) is 22.7 Å². The van der Waals surface area contributed by atoms with Gasteiger partial charge in [0.15, 0.2) is 6.61 Å². The Labute approximate surface area is 158 Å². The fourth-order valence-corrected chi connectivity index (χ4v) is 2.45. The van der Waals surface area contributed by atoms with Crippen molar-refractivity contribution in [1.82, 2.24) is 0 Å². The molecule has 6 nitrogen and oxygen atoms in total. The molecule has 0 aromatic heterocycles. The number of rotatable bonds is 7. The molecule has 0 aliphatic rings. The van der Waals surface area contributed by atoms with Crippen molar-refractivity contribution in [3.8, 4) is 11.5 Å². The average Bonchev–Trinajstić information content (AvgIpc) is 2.66. The molecule has 0 aliphatic heterocycles. The number of carbonyl (C=O) groups is 2. The lowest BCUT2D eigenvalue weighted by Gasteiger charge is -2.09. The van der Waals surface area contributed by atoms with E-state index in [-0.39, 0.29) is 6.61 Å². The minimum absolute atomic E-state index is 0.369.